The van der Waals surface area contributed by atoms with E-state index in [1.807, 2.05) is 12.1 Å². The van der Waals surface area contributed by atoms with Crippen molar-refractivity contribution in [2.75, 3.05) is 25.5 Å². The fourth-order valence-corrected chi connectivity index (χ4v) is 4.71. The molecule has 36 heavy (non-hydrogen) atoms. The van der Waals surface area contributed by atoms with Crippen molar-refractivity contribution in [3.63, 3.8) is 0 Å². The summed E-state index contributed by atoms with van der Waals surface area (Å²) in [5.74, 6) is -1.22. The number of anilines is 1. The van der Waals surface area contributed by atoms with Crippen LogP contribution in [-0.4, -0.2) is 43.0 Å². The normalized spacial score (nSPS) is 17.7. The number of nitrogens with one attached hydrogen (secondary N) is 2. The van der Waals surface area contributed by atoms with Crippen molar-refractivity contribution in [3.05, 3.63) is 95.4 Å². The molecule has 2 heterocycles. The van der Waals surface area contributed by atoms with Crippen LogP contribution in [0.15, 0.2) is 72.9 Å². The van der Waals surface area contributed by atoms with Crippen LogP contribution in [-0.2, 0) is 16.1 Å². The van der Waals surface area contributed by atoms with Crippen molar-refractivity contribution >= 4 is 23.1 Å². The number of ether oxygens (including phenoxy) is 1. The molecule has 3 aromatic rings. The molecule has 5 rings (SSSR count). The van der Waals surface area contributed by atoms with Gasteiger partial charge in [-0.05, 0) is 65.9 Å². The van der Waals surface area contributed by atoms with Crippen molar-refractivity contribution in [2.24, 2.45) is 0 Å². The van der Waals surface area contributed by atoms with Gasteiger partial charge in [-0.2, -0.15) is 0 Å². The number of amides is 2. The number of hydrogen-bond acceptors (Lipinski definition) is 5. The minimum atomic E-state index is -0.465. The smallest absolute Gasteiger partial charge is 0.260 e. The first-order chi connectivity index (χ1) is 17.5. The highest BCUT2D eigenvalue weighted by molar-refractivity contribution is 6.31. The summed E-state index contributed by atoms with van der Waals surface area (Å²) in [5.41, 5.74) is 4.96. The lowest BCUT2D eigenvalue weighted by molar-refractivity contribution is -0.114. The SMILES string of the molecule is COC1CCN(Cc2ccc(N/C=C3\C(=O)NC(=O)c4ccc(-c5ccc(F)cc5)cc43)cc2)CC1. The number of imide groups is 1. The fourth-order valence-electron chi connectivity index (χ4n) is 4.71. The minimum absolute atomic E-state index is 0.322. The zero-order chi connectivity index (χ0) is 25.1. The summed E-state index contributed by atoms with van der Waals surface area (Å²) in [4.78, 5) is 27.5. The van der Waals surface area contributed by atoms with Gasteiger partial charge in [-0.1, -0.05) is 30.3 Å². The number of hydrogen-bond donors (Lipinski definition) is 2. The maximum Gasteiger partial charge on any atom is 0.260 e. The zero-order valence-corrected chi connectivity index (χ0v) is 20.1. The van der Waals surface area contributed by atoms with Gasteiger partial charge in [0.15, 0.2) is 0 Å². The average molecular weight is 486 g/mol. The highest BCUT2D eigenvalue weighted by Gasteiger charge is 2.27. The summed E-state index contributed by atoms with van der Waals surface area (Å²) in [6.07, 6.45) is 4.10. The average Bonchev–Trinajstić information content (AvgIpc) is 2.90. The van der Waals surface area contributed by atoms with E-state index in [1.165, 1.54) is 17.7 Å². The molecule has 0 aliphatic carbocycles. The van der Waals surface area contributed by atoms with Crippen LogP contribution < -0.4 is 10.6 Å². The van der Waals surface area contributed by atoms with Gasteiger partial charge in [0.25, 0.3) is 11.8 Å². The summed E-state index contributed by atoms with van der Waals surface area (Å²) >= 11 is 0. The summed E-state index contributed by atoms with van der Waals surface area (Å²) in [6.45, 7) is 2.94. The molecule has 2 aliphatic rings. The van der Waals surface area contributed by atoms with Crippen LogP contribution in [0.25, 0.3) is 16.7 Å². The molecule has 0 radical (unpaired) electrons. The van der Waals surface area contributed by atoms with E-state index in [0.29, 0.717) is 22.8 Å². The molecule has 7 heteroatoms. The molecular weight excluding hydrogens is 457 g/mol. The van der Waals surface area contributed by atoms with Crippen LogP contribution >= 0.6 is 0 Å². The van der Waals surface area contributed by atoms with Gasteiger partial charge in [-0.25, -0.2) is 4.39 Å². The Balaban J connectivity index is 1.33. The molecule has 0 aromatic heterocycles. The van der Waals surface area contributed by atoms with Crippen LogP contribution in [0.3, 0.4) is 0 Å². The molecule has 1 saturated heterocycles. The molecule has 0 saturated carbocycles. The first kappa shape index (κ1) is 23.9. The van der Waals surface area contributed by atoms with Gasteiger partial charge in [0.05, 0.1) is 11.7 Å². The topological polar surface area (TPSA) is 70.7 Å². The number of carbonyl (C=O) groups is 2. The maximum atomic E-state index is 13.3. The molecule has 2 amide bonds. The van der Waals surface area contributed by atoms with Crippen molar-refractivity contribution in [2.45, 2.75) is 25.5 Å². The highest BCUT2D eigenvalue weighted by atomic mass is 19.1. The lowest BCUT2D eigenvalue weighted by Gasteiger charge is -2.31. The zero-order valence-electron chi connectivity index (χ0n) is 20.1. The van der Waals surface area contributed by atoms with Gasteiger partial charge in [0.2, 0.25) is 0 Å². The number of nitrogens with zero attached hydrogens (tertiary/aromatic N) is 1. The molecule has 6 nitrogen and oxygen atoms in total. The van der Waals surface area contributed by atoms with Crippen molar-refractivity contribution in [3.8, 4) is 11.1 Å². The lowest BCUT2D eigenvalue weighted by Crippen LogP contribution is -2.36. The van der Waals surface area contributed by atoms with E-state index >= 15 is 0 Å². The fraction of sp³-hybridized carbons (Fsp3) is 0.241. The van der Waals surface area contributed by atoms with Gasteiger partial charge < -0.3 is 10.1 Å². The van der Waals surface area contributed by atoms with Crippen molar-refractivity contribution < 1.29 is 18.7 Å². The molecule has 2 N–H and O–H groups in total. The Hall–Kier alpha value is -3.81. The molecule has 0 unspecified atom stereocenters. The monoisotopic (exact) mass is 485 g/mol. The van der Waals surface area contributed by atoms with E-state index in [-0.39, 0.29) is 5.82 Å². The third-order valence-electron chi connectivity index (χ3n) is 6.81. The van der Waals surface area contributed by atoms with Crippen LogP contribution in [0, 0.1) is 5.82 Å². The molecule has 0 spiro atoms. The summed E-state index contributed by atoms with van der Waals surface area (Å²) < 4.78 is 18.8. The highest BCUT2D eigenvalue weighted by Crippen LogP contribution is 2.30. The Morgan fingerprint density at radius 1 is 0.944 bits per heavy atom. The Bertz CT molecular complexity index is 1290. The van der Waals surface area contributed by atoms with Crippen LogP contribution in [0.4, 0.5) is 10.1 Å². The van der Waals surface area contributed by atoms with E-state index in [4.69, 9.17) is 4.74 Å². The first-order valence-corrected chi connectivity index (χ1v) is 12.1. The van der Waals surface area contributed by atoms with Gasteiger partial charge in [-0.15, -0.1) is 0 Å². The quantitative estimate of drug-likeness (QED) is 0.387. The summed E-state index contributed by atoms with van der Waals surface area (Å²) in [6, 6.07) is 19.5. The van der Waals surface area contributed by atoms with Crippen LogP contribution in [0.2, 0.25) is 0 Å². The second-order valence-electron chi connectivity index (χ2n) is 9.16. The number of piperidine rings is 1. The number of benzene rings is 3. The third-order valence-corrected chi connectivity index (χ3v) is 6.81. The van der Waals surface area contributed by atoms with E-state index in [0.717, 1.165) is 49.3 Å². The Morgan fingerprint density at radius 2 is 1.64 bits per heavy atom. The number of fused-ring (bicyclic) bond motifs is 1. The Kier molecular flexibility index (Phi) is 6.93. The molecule has 0 atom stereocenters. The summed E-state index contributed by atoms with van der Waals surface area (Å²) in [7, 11) is 1.78. The Morgan fingerprint density at radius 3 is 2.33 bits per heavy atom. The molecule has 2 aliphatic heterocycles. The third kappa shape index (κ3) is 5.22. The van der Waals surface area contributed by atoms with E-state index in [9.17, 15) is 14.0 Å². The second kappa shape index (κ2) is 10.4. The lowest BCUT2D eigenvalue weighted by atomic mass is 9.91. The predicted molar refractivity (Wildman–Crippen MR) is 138 cm³/mol. The van der Waals surface area contributed by atoms with Crippen molar-refractivity contribution in [1.82, 2.24) is 10.2 Å². The van der Waals surface area contributed by atoms with Crippen LogP contribution in [0.5, 0.6) is 0 Å². The van der Waals surface area contributed by atoms with E-state index < -0.39 is 11.8 Å². The van der Waals surface area contributed by atoms with Gasteiger partial charge in [0, 0.05) is 49.8 Å². The standard InChI is InChI=1S/C29H28FN3O3/c1-36-24-12-14-33(15-13-24)18-19-2-9-23(10-3-19)31-17-27-26-16-21(20-4-7-22(30)8-5-20)6-11-25(26)28(34)32-29(27)35/h2-11,16-17,24,31H,12-15,18H2,1H3,(H,32,34,35)/b27-17-. The van der Waals surface area contributed by atoms with E-state index in [2.05, 4.69) is 27.7 Å². The number of carbonyl (C=O) groups excluding carboxylic acids is 2. The summed E-state index contributed by atoms with van der Waals surface area (Å²) in [5, 5.41) is 5.60. The first-order valence-electron chi connectivity index (χ1n) is 12.1. The molecule has 1 fully saturated rings. The van der Waals surface area contributed by atoms with Crippen molar-refractivity contribution in [1.29, 1.82) is 0 Å². The van der Waals surface area contributed by atoms with Gasteiger partial charge >= 0.3 is 0 Å². The molecule has 184 valence electrons. The predicted octanol–water partition coefficient (Wildman–Crippen LogP) is 4.83. The largest absolute Gasteiger partial charge is 0.381 e. The van der Waals surface area contributed by atoms with Gasteiger partial charge in [-0.3, -0.25) is 19.8 Å². The number of rotatable bonds is 6. The molecular formula is C29H28FN3O3. The minimum Gasteiger partial charge on any atom is -0.381 e. The number of likely N-dealkylation sites (tertiary alicyclic amines) is 1. The molecule has 3 aromatic carbocycles. The number of methoxy groups -OCH3 is 1. The maximum absolute atomic E-state index is 13.3. The Labute approximate surface area is 209 Å². The van der Waals surface area contributed by atoms with Crippen LogP contribution in [0.1, 0.15) is 34.3 Å². The van der Waals surface area contributed by atoms with Gasteiger partial charge in [0.1, 0.15) is 5.82 Å². The number of halogens is 1. The second-order valence-corrected chi connectivity index (χ2v) is 9.16. The molecule has 0 bridgehead atoms. The van der Waals surface area contributed by atoms with E-state index in [1.54, 1.807) is 43.6 Å².